The highest BCUT2D eigenvalue weighted by atomic mass is 16.5. The Balaban J connectivity index is 1.34. The summed E-state index contributed by atoms with van der Waals surface area (Å²) in [7, 11) is 0. The second kappa shape index (κ2) is 7.92. The van der Waals surface area contributed by atoms with Crippen molar-refractivity contribution in [1.82, 2.24) is 5.32 Å². The summed E-state index contributed by atoms with van der Waals surface area (Å²) in [6.07, 6.45) is 1.20. The molecule has 1 fully saturated rings. The Hall–Kier alpha value is -3.02. The Morgan fingerprint density at radius 1 is 1.07 bits per heavy atom. The third kappa shape index (κ3) is 3.81. The first-order chi connectivity index (χ1) is 13.6. The zero-order valence-corrected chi connectivity index (χ0v) is 16.0. The van der Waals surface area contributed by atoms with Crippen molar-refractivity contribution in [2.75, 3.05) is 29.4 Å². The molecule has 2 aromatic carbocycles. The molecule has 0 aliphatic carbocycles. The van der Waals surface area contributed by atoms with Crippen LogP contribution in [0, 0.1) is 0 Å². The van der Waals surface area contributed by atoms with Crippen LogP contribution in [0.1, 0.15) is 19.8 Å². The number of nitrogens with zero attached hydrogens (tertiary/aromatic N) is 2. The van der Waals surface area contributed by atoms with E-state index in [0.717, 1.165) is 25.9 Å². The van der Waals surface area contributed by atoms with Gasteiger partial charge in [0, 0.05) is 24.8 Å². The quantitative estimate of drug-likeness (QED) is 0.887. The number of carbonyl (C=O) groups excluding carboxylic acids is 2. The molecule has 1 saturated heterocycles. The van der Waals surface area contributed by atoms with Crippen LogP contribution in [0.4, 0.5) is 11.4 Å². The lowest BCUT2D eigenvalue weighted by Gasteiger charge is -2.35. The molecule has 2 aliphatic heterocycles. The summed E-state index contributed by atoms with van der Waals surface area (Å²) in [5.74, 6) is 0.321. The zero-order chi connectivity index (χ0) is 19.5. The lowest BCUT2D eigenvalue weighted by Crippen LogP contribution is -2.51. The molecule has 2 heterocycles. The Labute approximate surface area is 165 Å². The maximum atomic E-state index is 12.6. The first-order valence-corrected chi connectivity index (χ1v) is 9.78. The third-order valence-electron chi connectivity index (χ3n) is 5.36. The number of amides is 2. The van der Waals surface area contributed by atoms with Crippen LogP contribution in [-0.4, -0.2) is 43.6 Å². The first kappa shape index (κ1) is 18.3. The molecule has 0 spiro atoms. The number of hydrogen-bond acceptors (Lipinski definition) is 4. The van der Waals surface area contributed by atoms with Crippen LogP contribution in [0.2, 0.25) is 0 Å². The summed E-state index contributed by atoms with van der Waals surface area (Å²) in [6.45, 7) is 3.54. The van der Waals surface area contributed by atoms with Gasteiger partial charge in [0.25, 0.3) is 5.91 Å². The molecule has 0 aromatic heterocycles. The predicted molar refractivity (Wildman–Crippen MR) is 109 cm³/mol. The zero-order valence-electron chi connectivity index (χ0n) is 16.0. The van der Waals surface area contributed by atoms with Crippen molar-refractivity contribution in [2.24, 2.45) is 0 Å². The number of nitrogens with one attached hydrogen (secondary N) is 1. The smallest absolute Gasteiger partial charge is 0.268 e. The van der Waals surface area contributed by atoms with Gasteiger partial charge < -0.3 is 15.0 Å². The van der Waals surface area contributed by atoms with Gasteiger partial charge in [0.1, 0.15) is 12.3 Å². The third-order valence-corrected chi connectivity index (χ3v) is 5.36. The highest BCUT2D eigenvalue weighted by Gasteiger charge is 2.33. The average molecular weight is 379 g/mol. The number of ether oxygens (including phenoxy) is 1. The van der Waals surface area contributed by atoms with Crippen molar-refractivity contribution < 1.29 is 14.3 Å². The molecule has 2 aliphatic rings. The topological polar surface area (TPSA) is 61.9 Å². The second-order valence-corrected chi connectivity index (χ2v) is 7.32. The molecule has 1 N–H and O–H groups in total. The molecular formula is C22H25N3O3. The largest absolute Gasteiger partial charge is 0.479 e. The van der Waals surface area contributed by atoms with Gasteiger partial charge >= 0.3 is 0 Å². The molecule has 2 aromatic rings. The number of hydrogen-bond donors (Lipinski definition) is 1. The number of piperidine rings is 1. The van der Waals surface area contributed by atoms with Gasteiger partial charge in [0.15, 0.2) is 6.10 Å². The standard InChI is InChI=1S/C22H25N3O3/c1-16-22(27)25(19-9-5-6-10-20(19)28-16)15-21(26)23-17-11-13-24(14-12-17)18-7-3-2-4-8-18/h2-10,16-17H,11-15H2,1H3,(H,23,26). The summed E-state index contributed by atoms with van der Waals surface area (Å²) >= 11 is 0. The molecule has 6 heteroatoms. The molecule has 146 valence electrons. The van der Waals surface area contributed by atoms with Crippen LogP contribution >= 0.6 is 0 Å². The van der Waals surface area contributed by atoms with E-state index in [4.69, 9.17) is 4.74 Å². The summed E-state index contributed by atoms with van der Waals surface area (Å²) in [6, 6.07) is 17.8. The summed E-state index contributed by atoms with van der Waals surface area (Å²) < 4.78 is 5.63. The van der Waals surface area contributed by atoms with Crippen molar-refractivity contribution in [1.29, 1.82) is 0 Å². The lowest BCUT2D eigenvalue weighted by atomic mass is 10.0. The van der Waals surface area contributed by atoms with E-state index in [1.54, 1.807) is 6.92 Å². The number of para-hydroxylation sites is 3. The molecular weight excluding hydrogens is 354 g/mol. The lowest BCUT2D eigenvalue weighted by molar-refractivity contribution is -0.128. The van der Waals surface area contributed by atoms with E-state index in [1.165, 1.54) is 10.6 Å². The Morgan fingerprint density at radius 3 is 2.50 bits per heavy atom. The fourth-order valence-corrected chi connectivity index (χ4v) is 3.86. The molecule has 28 heavy (non-hydrogen) atoms. The number of anilines is 2. The average Bonchev–Trinajstić information content (AvgIpc) is 2.72. The minimum absolute atomic E-state index is 0.0163. The van der Waals surface area contributed by atoms with Crippen LogP contribution in [0.5, 0.6) is 5.75 Å². The fourth-order valence-electron chi connectivity index (χ4n) is 3.86. The normalized spacial score (nSPS) is 19.8. The van der Waals surface area contributed by atoms with E-state index in [-0.39, 0.29) is 24.4 Å². The van der Waals surface area contributed by atoms with Crippen molar-refractivity contribution in [3.05, 3.63) is 54.6 Å². The van der Waals surface area contributed by atoms with Crippen molar-refractivity contribution in [2.45, 2.75) is 31.9 Å². The number of rotatable bonds is 4. The van der Waals surface area contributed by atoms with Gasteiger partial charge in [0.2, 0.25) is 5.91 Å². The van der Waals surface area contributed by atoms with E-state index in [0.29, 0.717) is 11.4 Å². The van der Waals surface area contributed by atoms with E-state index >= 15 is 0 Å². The van der Waals surface area contributed by atoms with Crippen LogP contribution in [0.25, 0.3) is 0 Å². The Morgan fingerprint density at radius 2 is 1.75 bits per heavy atom. The van der Waals surface area contributed by atoms with Gasteiger partial charge in [-0.2, -0.15) is 0 Å². The van der Waals surface area contributed by atoms with Gasteiger partial charge in [-0.15, -0.1) is 0 Å². The van der Waals surface area contributed by atoms with E-state index in [9.17, 15) is 9.59 Å². The number of benzene rings is 2. The monoisotopic (exact) mass is 379 g/mol. The second-order valence-electron chi connectivity index (χ2n) is 7.32. The fraction of sp³-hybridized carbons (Fsp3) is 0.364. The van der Waals surface area contributed by atoms with Gasteiger partial charge in [-0.1, -0.05) is 30.3 Å². The minimum atomic E-state index is -0.586. The summed E-state index contributed by atoms with van der Waals surface area (Å²) in [5.41, 5.74) is 1.87. The van der Waals surface area contributed by atoms with E-state index in [2.05, 4.69) is 22.3 Å². The van der Waals surface area contributed by atoms with Crippen molar-refractivity contribution in [3.8, 4) is 5.75 Å². The van der Waals surface area contributed by atoms with Gasteiger partial charge in [0.05, 0.1) is 5.69 Å². The predicted octanol–water partition coefficient (Wildman–Crippen LogP) is 2.59. The van der Waals surface area contributed by atoms with Crippen molar-refractivity contribution >= 4 is 23.2 Å². The highest BCUT2D eigenvalue weighted by molar-refractivity contribution is 6.03. The molecule has 0 saturated carbocycles. The Kier molecular flexibility index (Phi) is 5.19. The molecule has 1 atom stereocenters. The van der Waals surface area contributed by atoms with Gasteiger partial charge in [-0.25, -0.2) is 0 Å². The SMILES string of the molecule is CC1Oc2ccccc2N(CC(=O)NC2CCN(c3ccccc3)CC2)C1=O. The van der Waals surface area contributed by atoms with Crippen LogP contribution in [-0.2, 0) is 9.59 Å². The van der Waals surface area contributed by atoms with Crippen LogP contribution in [0.3, 0.4) is 0 Å². The van der Waals surface area contributed by atoms with Crippen molar-refractivity contribution in [3.63, 3.8) is 0 Å². The molecule has 1 unspecified atom stereocenters. The Bertz CT molecular complexity index is 847. The van der Waals surface area contributed by atoms with Gasteiger partial charge in [-0.3, -0.25) is 14.5 Å². The van der Waals surface area contributed by atoms with E-state index in [1.807, 2.05) is 42.5 Å². The number of fused-ring (bicyclic) bond motifs is 1. The summed E-state index contributed by atoms with van der Waals surface area (Å²) in [4.78, 5) is 29.0. The molecule has 4 rings (SSSR count). The van der Waals surface area contributed by atoms with Crippen LogP contribution < -0.4 is 19.9 Å². The number of carbonyl (C=O) groups is 2. The molecule has 6 nitrogen and oxygen atoms in total. The summed E-state index contributed by atoms with van der Waals surface area (Å²) in [5, 5.41) is 3.10. The first-order valence-electron chi connectivity index (χ1n) is 9.78. The highest BCUT2D eigenvalue weighted by Crippen LogP contribution is 2.33. The maximum Gasteiger partial charge on any atom is 0.268 e. The maximum absolute atomic E-state index is 12.6. The van der Waals surface area contributed by atoms with Crippen LogP contribution in [0.15, 0.2) is 54.6 Å². The minimum Gasteiger partial charge on any atom is -0.479 e. The van der Waals surface area contributed by atoms with Gasteiger partial charge in [-0.05, 0) is 44.0 Å². The molecule has 0 radical (unpaired) electrons. The molecule has 0 bridgehead atoms. The van der Waals surface area contributed by atoms with E-state index < -0.39 is 6.10 Å². The molecule has 2 amide bonds.